The molecule has 1 fully saturated rings. The normalized spacial score (nSPS) is 22.1. The zero-order valence-electron chi connectivity index (χ0n) is 17.0. The van der Waals surface area contributed by atoms with E-state index in [-0.39, 0.29) is 11.5 Å². The van der Waals surface area contributed by atoms with E-state index in [1.807, 2.05) is 46.1 Å². The van der Waals surface area contributed by atoms with Crippen molar-refractivity contribution in [3.8, 4) is 0 Å². The number of carbonyl (C=O) groups excluding carboxylic acids is 1. The summed E-state index contributed by atoms with van der Waals surface area (Å²) >= 11 is 0. The summed E-state index contributed by atoms with van der Waals surface area (Å²) in [4.78, 5) is 14.1. The van der Waals surface area contributed by atoms with Crippen molar-refractivity contribution in [3.05, 3.63) is 12.2 Å². The van der Waals surface area contributed by atoms with Gasteiger partial charge >= 0.3 is 6.09 Å². The third kappa shape index (κ3) is 4.07. The number of rotatable bonds is 1. The van der Waals surface area contributed by atoms with E-state index < -0.39 is 21.3 Å². The number of carbonyl (C=O) groups is 1. The molecule has 0 unspecified atom stereocenters. The highest BCUT2D eigenvalue weighted by Gasteiger charge is 2.48. The van der Waals surface area contributed by atoms with Crippen LogP contribution in [0.5, 0.6) is 0 Å². The molecule has 2 aliphatic rings. The lowest BCUT2D eigenvalue weighted by atomic mass is 9.76. The molecule has 1 saturated heterocycles. The maximum Gasteiger partial charge on any atom is 0.410 e. The summed E-state index contributed by atoms with van der Waals surface area (Å²) in [6, 6.07) is 0. The van der Waals surface area contributed by atoms with Crippen LogP contribution >= 0.6 is 0 Å². The molecule has 0 aliphatic carbocycles. The molecule has 0 aromatic carbocycles. The van der Waals surface area contributed by atoms with Crippen molar-refractivity contribution in [1.29, 1.82) is 0 Å². The molecule has 150 valence electrons. The summed E-state index contributed by atoms with van der Waals surface area (Å²) in [5.41, 5.74) is -0.00822. The highest BCUT2D eigenvalue weighted by Crippen LogP contribution is 2.42. The number of likely N-dealkylation sites (tertiary alicyclic amines) is 1. The quantitative estimate of drug-likeness (QED) is 0.729. The molecule has 0 bridgehead atoms. The maximum atomic E-state index is 12.7. The highest BCUT2D eigenvalue weighted by atomic mass is 32.2. The molecule has 1 aromatic heterocycles. The van der Waals surface area contributed by atoms with Gasteiger partial charge in [0.1, 0.15) is 28.6 Å². The first-order chi connectivity index (χ1) is 12.4. The third-order valence-corrected chi connectivity index (χ3v) is 6.27. The summed E-state index contributed by atoms with van der Waals surface area (Å²) in [6.45, 7) is 13.2. The molecule has 3 rings (SSSR count). The number of piperidine rings is 1. The second-order valence-corrected chi connectivity index (χ2v) is 11.2. The third-order valence-electron chi connectivity index (χ3n) is 4.87. The van der Waals surface area contributed by atoms with Crippen LogP contribution in [-0.4, -0.2) is 59.1 Å². The predicted molar refractivity (Wildman–Crippen MR) is 104 cm³/mol. The van der Waals surface area contributed by atoms with Gasteiger partial charge in [-0.15, -0.1) is 10.2 Å². The van der Waals surface area contributed by atoms with Gasteiger partial charge in [0.15, 0.2) is 5.82 Å². The fraction of sp³-hybridized carbons (Fsp3) is 0.778. The predicted octanol–water partition coefficient (Wildman–Crippen LogP) is 2.56. The van der Waals surface area contributed by atoms with Gasteiger partial charge < -0.3 is 14.2 Å². The molecule has 2 aliphatic heterocycles. The summed E-state index contributed by atoms with van der Waals surface area (Å²) in [6.07, 6.45) is 2.87. The molecule has 0 radical (unpaired) electrons. The minimum absolute atomic E-state index is 0.259. The van der Waals surface area contributed by atoms with E-state index in [1.54, 1.807) is 11.2 Å². The molecular formula is C18H29N5O3S. The number of aromatic nitrogens is 3. The Morgan fingerprint density at radius 2 is 1.85 bits per heavy atom. The lowest BCUT2D eigenvalue weighted by molar-refractivity contribution is 0.0151. The van der Waals surface area contributed by atoms with Crippen LogP contribution in [0.25, 0.3) is 0 Å². The number of hydrogen-bond donors (Lipinski definition) is 0. The second kappa shape index (κ2) is 6.68. The van der Waals surface area contributed by atoms with Crippen molar-refractivity contribution in [2.24, 2.45) is 9.81 Å². The molecule has 27 heavy (non-hydrogen) atoms. The molecule has 8 nitrogen and oxygen atoms in total. The Balaban J connectivity index is 1.82. The molecule has 3 heterocycles. The van der Waals surface area contributed by atoms with E-state index >= 15 is 0 Å². The molecule has 1 atom stereocenters. The molecule has 1 spiro atoms. The van der Waals surface area contributed by atoms with Crippen molar-refractivity contribution >= 4 is 22.8 Å². The van der Waals surface area contributed by atoms with E-state index in [4.69, 9.17) is 4.74 Å². The Bertz CT molecular complexity index is 780. The van der Waals surface area contributed by atoms with Gasteiger partial charge in [0.25, 0.3) is 0 Å². The van der Waals surface area contributed by atoms with Gasteiger partial charge in [0.2, 0.25) is 0 Å². The maximum absolute atomic E-state index is 12.7. The van der Waals surface area contributed by atoms with Crippen LogP contribution in [0, 0.1) is 5.41 Å². The van der Waals surface area contributed by atoms with Gasteiger partial charge in [0.05, 0.1) is 4.75 Å². The van der Waals surface area contributed by atoms with Gasteiger partial charge in [-0.2, -0.15) is 4.40 Å². The highest BCUT2D eigenvalue weighted by molar-refractivity contribution is 7.85. The van der Waals surface area contributed by atoms with E-state index in [1.165, 1.54) is 0 Å². The smallest absolute Gasteiger partial charge is 0.410 e. The first kappa shape index (κ1) is 20.0. The number of fused-ring (bicyclic) bond motifs is 1. The number of hydrogen-bond acceptors (Lipinski definition) is 5. The van der Waals surface area contributed by atoms with Crippen LogP contribution in [0.15, 0.2) is 10.7 Å². The van der Waals surface area contributed by atoms with Crippen molar-refractivity contribution < 1.29 is 13.7 Å². The number of ether oxygens (including phenoxy) is 1. The van der Waals surface area contributed by atoms with Gasteiger partial charge in [0, 0.05) is 25.0 Å². The average Bonchev–Trinajstić information content (AvgIpc) is 3.07. The number of nitrogens with zero attached hydrogens (tertiary/aromatic N) is 5. The summed E-state index contributed by atoms with van der Waals surface area (Å²) in [7, 11) is -1.38. The van der Waals surface area contributed by atoms with E-state index in [2.05, 4.69) is 14.6 Å². The summed E-state index contributed by atoms with van der Waals surface area (Å²) in [5, 5.41) is 8.18. The lowest BCUT2D eigenvalue weighted by Crippen LogP contribution is -2.47. The fourth-order valence-electron chi connectivity index (χ4n) is 3.39. The first-order valence-electron chi connectivity index (χ1n) is 9.29. The van der Waals surface area contributed by atoms with Gasteiger partial charge in [-0.3, -0.25) is 0 Å². The summed E-state index contributed by atoms with van der Waals surface area (Å²) in [5.74, 6) is 0.693. The van der Waals surface area contributed by atoms with Gasteiger partial charge in [-0.1, -0.05) is 0 Å². The van der Waals surface area contributed by atoms with Gasteiger partial charge in [-0.05, 0) is 54.4 Å². The Hall–Kier alpha value is -1.77. The van der Waals surface area contributed by atoms with Crippen molar-refractivity contribution in [1.82, 2.24) is 19.7 Å². The standard InChI is InChI=1S/C18H29N5O3S/c1-16(2,3)26-15(24)22-9-7-18(8-10-22)11-23-12-19-20-14(23)13(18)21-27(25)17(4,5)6/h12H,7-11H2,1-6H3/b21-13+/t27-/m1/s1. The summed E-state index contributed by atoms with van der Waals surface area (Å²) < 4.78 is 24.3. The van der Waals surface area contributed by atoms with Crippen molar-refractivity contribution in [2.75, 3.05) is 13.1 Å². The largest absolute Gasteiger partial charge is 0.444 e. The van der Waals surface area contributed by atoms with Crippen LogP contribution in [0.1, 0.15) is 60.2 Å². The SMILES string of the molecule is CC(C)(C)OC(=O)N1CCC2(CC1)Cn1cnnc1/C2=N\[S@](=O)C(C)(C)C. The van der Waals surface area contributed by atoms with E-state index in [0.717, 1.165) is 18.6 Å². The Labute approximate surface area is 163 Å². The van der Waals surface area contributed by atoms with Crippen molar-refractivity contribution in [3.63, 3.8) is 0 Å². The lowest BCUT2D eigenvalue weighted by Gasteiger charge is -2.39. The average molecular weight is 396 g/mol. The van der Waals surface area contributed by atoms with Crippen molar-refractivity contribution in [2.45, 2.75) is 71.3 Å². The van der Waals surface area contributed by atoms with E-state index in [9.17, 15) is 9.00 Å². The molecule has 0 saturated carbocycles. The zero-order valence-corrected chi connectivity index (χ0v) is 17.8. The molecule has 1 amide bonds. The van der Waals surface area contributed by atoms with Gasteiger partial charge in [-0.25, -0.2) is 9.00 Å². The van der Waals surface area contributed by atoms with Crippen LogP contribution in [-0.2, 0) is 22.3 Å². The van der Waals surface area contributed by atoms with Crippen LogP contribution in [0.2, 0.25) is 0 Å². The van der Waals surface area contributed by atoms with E-state index in [0.29, 0.717) is 25.5 Å². The second-order valence-electron chi connectivity index (χ2n) is 9.33. The minimum Gasteiger partial charge on any atom is -0.444 e. The Kier molecular flexibility index (Phi) is 4.95. The first-order valence-corrected chi connectivity index (χ1v) is 10.4. The molecule has 0 N–H and O–H groups in total. The Morgan fingerprint density at radius 3 is 2.41 bits per heavy atom. The molecular weight excluding hydrogens is 366 g/mol. The Morgan fingerprint density at radius 1 is 1.22 bits per heavy atom. The molecule has 9 heteroatoms. The monoisotopic (exact) mass is 395 g/mol. The number of amides is 1. The topological polar surface area (TPSA) is 89.7 Å². The minimum atomic E-state index is -1.38. The zero-order chi connectivity index (χ0) is 20.0. The fourth-order valence-corrected chi connectivity index (χ4v) is 4.10. The van der Waals surface area contributed by atoms with Crippen LogP contribution in [0.4, 0.5) is 4.79 Å². The van der Waals surface area contributed by atoms with Crippen LogP contribution < -0.4 is 0 Å². The molecule has 1 aromatic rings. The van der Waals surface area contributed by atoms with Crippen LogP contribution in [0.3, 0.4) is 0 Å².